The van der Waals surface area contributed by atoms with Crippen LogP contribution < -0.4 is 69.1 Å². The molecule has 45 nitrogen and oxygen atoms in total. The van der Waals surface area contributed by atoms with Crippen molar-refractivity contribution in [3.8, 4) is 0 Å². The van der Waals surface area contributed by atoms with Gasteiger partial charge in [0, 0.05) is 19.6 Å². The highest BCUT2D eigenvalue weighted by Gasteiger charge is 2.42. The fourth-order valence-corrected chi connectivity index (χ4v) is 10.4. The second-order valence-electron chi connectivity index (χ2n) is 30.9. The van der Waals surface area contributed by atoms with Crippen LogP contribution in [0.4, 0.5) is 14.4 Å². The van der Waals surface area contributed by atoms with Crippen LogP contribution in [0.3, 0.4) is 0 Å². The predicted molar refractivity (Wildman–Crippen MR) is 420 cm³/mol. The van der Waals surface area contributed by atoms with Gasteiger partial charge < -0.3 is 133 Å². The Hall–Kier alpha value is -10.8. The molecule has 1 fully saturated rings. The van der Waals surface area contributed by atoms with Gasteiger partial charge in [-0.1, -0.05) is 70.8 Å². The Balaban J connectivity index is 4.61. The summed E-state index contributed by atoms with van der Waals surface area (Å²) in [5.74, 6) is -22.9. The lowest BCUT2D eigenvalue weighted by Gasteiger charge is -2.29. The topological polar surface area (TPSA) is 656 Å². The minimum atomic E-state index is -2.97. The number of alkyl halides is 1. The van der Waals surface area contributed by atoms with Crippen LogP contribution in [-0.2, 0) is 115 Å². The number of carboxylic acid groups (broad SMARTS) is 1. The number of aliphatic carboxylic acids is 1. The van der Waals surface area contributed by atoms with Crippen molar-refractivity contribution in [1.29, 1.82) is 0 Å². The Morgan fingerprint density at radius 1 is 0.512 bits per heavy atom. The average molecular weight is 1750 g/mol. The highest BCUT2D eigenvalue weighted by atomic mass is 35.5. The largest absolute Gasteiger partial charge is 0.479 e. The molecular weight excluding hydrogens is 1630 g/mol. The molecule has 0 aromatic rings. The zero-order valence-corrected chi connectivity index (χ0v) is 71.3. The van der Waals surface area contributed by atoms with E-state index < -0.39 is 292 Å². The number of unbranched alkanes of at least 4 members (excludes halogenated alkanes) is 9. The Morgan fingerprint density at radius 3 is 1.40 bits per heavy atom. The molecule has 121 heavy (non-hydrogen) atoms. The monoisotopic (exact) mass is 1750 g/mol. The first kappa shape index (κ1) is 108. The minimum Gasteiger partial charge on any atom is -0.479 e. The number of carbonyl (C=O) groups is 19. The molecule has 13 amide bonds. The van der Waals surface area contributed by atoms with Crippen molar-refractivity contribution in [2.24, 2.45) is 16.2 Å². The van der Waals surface area contributed by atoms with Crippen LogP contribution in [0.15, 0.2) is 11.8 Å². The van der Waals surface area contributed by atoms with Crippen LogP contribution in [0.1, 0.15) is 192 Å². The number of cyclic esters (lactones) is 1. The number of ether oxygens (including phenoxy) is 8. The number of allylic oxidation sites excluding steroid dienone is 1. The van der Waals surface area contributed by atoms with Gasteiger partial charge in [0.1, 0.15) is 61.1 Å². The van der Waals surface area contributed by atoms with E-state index in [0.29, 0.717) is 12.8 Å². The maximum absolute atomic E-state index is 15.1. The van der Waals surface area contributed by atoms with Crippen LogP contribution in [0, 0.1) is 16.2 Å². The number of hydrogen-bond donors (Lipinski definition) is 18. The van der Waals surface area contributed by atoms with E-state index in [1.807, 2.05) is 16.0 Å². The van der Waals surface area contributed by atoms with Crippen molar-refractivity contribution in [2.45, 2.75) is 265 Å². The number of hydrogen-bond acceptors (Lipinski definition) is 31. The number of carboxylic acids is 1. The van der Waals surface area contributed by atoms with Gasteiger partial charge in [-0.25, -0.2) is 24.0 Å². The van der Waals surface area contributed by atoms with Crippen molar-refractivity contribution in [2.75, 3.05) is 66.2 Å². The molecule has 686 valence electrons. The summed E-state index contributed by atoms with van der Waals surface area (Å²) >= 11 is 5.97. The van der Waals surface area contributed by atoms with Gasteiger partial charge in [-0.15, -0.1) is 11.6 Å². The van der Waals surface area contributed by atoms with Crippen LogP contribution in [0.5, 0.6) is 0 Å². The third kappa shape index (κ3) is 44.4. The number of halogens is 1. The highest BCUT2D eigenvalue weighted by Crippen LogP contribution is 2.19. The van der Waals surface area contributed by atoms with E-state index in [4.69, 9.17) is 44.8 Å². The zero-order chi connectivity index (χ0) is 91.9. The maximum Gasteiger partial charge on any atom is 0.410 e. The molecule has 0 unspecified atom stereocenters. The lowest BCUT2D eigenvalue weighted by atomic mass is 9.97. The maximum atomic E-state index is 15.1. The summed E-state index contributed by atoms with van der Waals surface area (Å²) in [5.41, 5.74) is -4.03. The van der Waals surface area contributed by atoms with E-state index in [9.17, 15) is 102 Å². The Morgan fingerprint density at radius 2 is 0.950 bits per heavy atom. The van der Waals surface area contributed by atoms with Gasteiger partial charge in [-0.2, -0.15) is 0 Å². The molecular formula is C75H122ClN13O32. The van der Waals surface area contributed by atoms with Crippen molar-refractivity contribution in [3.63, 3.8) is 0 Å². The van der Waals surface area contributed by atoms with E-state index in [-0.39, 0.29) is 25.8 Å². The molecule has 46 heteroatoms. The van der Waals surface area contributed by atoms with E-state index in [2.05, 4.69) is 64.8 Å². The third-order valence-electron chi connectivity index (χ3n) is 17.3. The standard InChI is InChI=1S/C75H122ClN13O32/c1-14-16-17-18-19-20-21-22-23-26-42(91)33-51(94)81-48-37-115-66(107)54(49(92)35-76)88-64(104)55(56(96)65(105)106)89-57(97)43(15-2)82-63(103)53(41(3)90)87-60(100)46(29-32-79-72(113)121-40-118-69(110)75(10,11)12)84-58(98)44(27-24-25-30-77-70(111)119-38-116-67(108)73(4,5)6)83-61(101)47(34-50(93)80-36-52(95)114-13)86-59(99)45(85-62(48)102)28-31-78-71(112)120-39-117-68(109)74(7,8)9/h15,41-42,44-49,53-56,90-92,96H,14,16-40H2,1-13H3,(H,77,111)(H,78,112)(H,79,113)(H,80,93)(H,81,94)(H,82,103)(H,83,101)(H,84,98)(H,85,102)(H,86,99)(H,87,100)(H,88,104)(H,89,97)(H,105,106)/b43-15-/t41-,42+,44-,45+,46-,47-,48-,49+,53-,54-,55-,56-/m0/s1. The molecule has 1 aliphatic rings. The molecule has 0 saturated carbocycles. The highest BCUT2D eigenvalue weighted by molar-refractivity contribution is 6.18. The summed E-state index contributed by atoms with van der Waals surface area (Å²) in [6, 6.07) is -18.1. The molecule has 0 spiro atoms. The van der Waals surface area contributed by atoms with E-state index in [1.54, 1.807) is 0 Å². The molecule has 0 aromatic carbocycles. The number of alkyl carbamates (subject to hydrolysis) is 3. The second kappa shape index (κ2) is 55.9. The molecule has 12 atom stereocenters. The van der Waals surface area contributed by atoms with Gasteiger partial charge in [0.05, 0.1) is 60.4 Å². The van der Waals surface area contributed by atoms with Gasteiger partial charge in [-0.3, -0.25) is 67.1 Å². The number of aliphatic hydroxyl groups is 4. The summed E-state index contributed by atoms with van der Waals surface area (Å²) in [6.45, 7) is 11.1. The first-order valence-electron chi connectivity index (χ1n) is 39.3. The molecule has 0 radical (unpaired) electrons. The Kier molecular flexibility index (Phi) is 50.0. The van der Waals surface area contributed by atoms with E-state index in [0.717, 1.165) is 72.0 Å². The van der Waals surface area contributed by atoms with Gasteiger partial charge in [0.25, 0.3) is 5.91 Å². The molecule has 1 saturated heterocycles. The molecule has 1 rings (SSSR count). The van der Waals surface area contributed by atoms with Crippen LogP contribution in [-0.4, -0.2) is 278 Å². The Labute approximate surface area is 704 Å². The Bertz CT molecular complexity index is 3530. The molecule has 1 heterocycles. The fourth-order valence-electron chi connectivity index (χ4n) is 10.2. The number of aliphatic hydroxyl groups excluding tert-OH is 4. The number of carbonyl (C=O) groups excluding carboxylic acids is 18. The van der Waals surface area contributed by atoms with E-state index >= 15 is 14.4 Å². The van der Waals surface area contributed by atoms with Crippen molar-refractivity contribution in [1.82, 2.24) is 69.1 Å². The molecule has 1 aliphatic heterocycles. The van der Waals surface area contributed by atoms with Crippen molar-refractivity contribution in [3.05, 3.63) is 11.8 Å². The summed E-state index contributed by atoms with van der Waals surface area (Å²) < 4.78 is 39.7. The third-order valence-corrected chi connectivity index (χ3v) is 17.7. The number of esters is 5. The number of rotatable bonds is 39. The second-order valence-corrected chi connectivity index (χ2v) is 31.2. The van der Waals surface area contributed by atoms with Crippen LogP contribution >= 0.6 is 11.6 Å². The first-order valence-corrected chi connectivity index (χ1v) is 39.8. The summed E-state index contributed by atoms with van der Waals surface area (Å²) in [6.07, 6.45) is -7.74. The SMILES string of the molecule is C/C=C1\NC(=O)[C@H]([C@H](C)O)NC(=O)[C@H](CCNC(=O)OCOC(=O)C(C)(C)C)NC(=O)[C@H](CCCCNC(=O)OCOC(=O)C(C)(C)C)NC(=O)[C@H](CC(=O)NCC(=O)OC)NC(=O)[C@@H](CCNC(=O)OCOC(=O)C(C)(C)C)NC(=O)[C@@H](NC(=O)C[C@H](O)CCCCCCCCCCC)COC(=O)[C@H]([C@H](O)CCl)NC(=O)[C@H]([C@H](O)C(=O)O)NC1=O. The molecule has 18 N–H and O–H groups in total. The van der Waals surface area contributed by atoms with Crippen LogP contribution in [0.2, 0.25) is 0 Å². The van der Waals surface area contributed by atoms with Crippen molar-refractivity contribution < 1.29 is 155 Å². The smallest absolute Gasteiger partial charge is 0.410 e. The molecule has 0 aliphatic carbocycles. The minimum absolute atomic E-state index is 0.0580. The average Bonchev–Trinajstić information content (AvgIpc) is 0.839. The van der Waals surface area contributed by atoms with Crippen LogP contribution in [0.25, 0.3) is 0 Å². The van der Waals surface area contributed by atoms with Gasteiger partial charge in [0.2, 0.25) is 73.5 Å². The first-order chi connectivity index (χ1) is 56.6. The summed E-state index contributed by atoms with van der Waals surface area (Å²) in [7, 11) is 0.952. The zero-order valence-electron chi connectivity index (χ0n) is 70.5. The lowest BCUT2D eigenvalue weighted by molar-refractivity contribution is -0.162. The number of amides is 13. The van der Waals surface area contributed by atoms with Gasteiger partial charge >= 0.3 is 54.1 Å². The predicted octanol–water partition coefficient (Wildman–Crippen LogP) is -2.01. The molecule has 0 aromatic heterocycles. The normalized spacial score (nSPS) is 20.4. The van der Waals surface area contributed by atoms with Crippen molar-refractivity contribution >= 4 is 125 Å². The lowest BCUT2D eigenvalue weighted by Crippen LogP contribution is -2.62. The van der Waals surface area contributed by atoms with Gasteiger partial charge in [-0.05, 0) is 115 Å². The fraction of sp³-hybridized carbons (Fsp3) is 0.720. The van der Waals surface area contributed by atoms with Gasteiger partial charge in [0.15, 0.2) is 12.1 Å². The number of methoxy groups -OCH3 is 1. The summed E-state index contributed by atoms with van der Waals surface area (Å²) in [4.78, 5) is 260. The summed E-state index contributed by atoms with van der Waals surface area (Å²) in [5, 5.41) is 82.7. The van der Waals surface area contributed by atoms with E-state index in [1.165, 1.54) is 62.3 Å². The molecule has 0 bridgehead atoms. The quantitative estimate of drug-likeness (QED) is 0.00789. The number of nitrogens with one attached hydrogen (secondary N) is 13.